The van der Waals surface area contributed by atoms with Gasteiger partial charge in [0.1, 0.15) is 5.84 Å². The third-order valence-corrected chi connectivity index (χ3v) is 5.46. The summed E-state index contributed by atoms with van der Waals surface area (Å²) in [5, 5.41) is 7.52. The summed E-state index contributed by atoms with van der Waals surface area (Å²) in [5.41, 5.74) is 7.14. The number of carbonyl (C=O) groups is 1. The Morgan fingerprint density at radius 2 is 1.72 bits per heavy atom. The van der Waals surface area contributed by atoms with Gasteiger partial charge in [-0.05, 0) is 38.7 Å². The summed E-state index contributed by atoms with van der Waals surface area (Å²) in [6, 6.07) is 7.38. The molecule has 0 radical (unpaired) electrons. The third kappa shape index (κ3) is 4.74. The Balaban J connectivity index is 2.29. The van der Waals surface area contributed by atoms with Crippen LogP contribution in [-0.4, -0.2) is 35.0 Å². The minimum absolute atomic E-state index is 0.0360. The van der Waals surface area contributed by atoms with Crippen LogP contribution < -0.4 is 5.73 Å². The smallest absolute Gasteiger partial charge is 0.400 e. The lowest BCUT2D eigenvalue weighted by Gasteiger charge is -2.32. The van der Waals surface area contributed by atoms with Crippen molar-refractivity contribution in [1.82, 2.24) is 0 Å². The second kappa shape index (κ2) is 7.36. The number of rotatable bonds is 5. The molecule has 7 heteroatoms. The van der Waals surface area contributed by atoms with Gasteiger partial charge in [0.15, 0.2) is 5.12 Å². The van der Waals surface area contributed by atoms with Gasteiger partial charge in [0.25, 0.3) is 0 Å². The van der Waals surface area contributed by atoms with Crippen molar-refractivity contribution in [3.8, 4) is 0 Å². The maximum absolute atomic E-state index is 11.4. The molecule has 5 nitrogen and oxygen atoms in total. The van der Waals surface area contributed by atoms with Crippen LogP contribution in [0.25, 0.3) is 6.08 Å². The highest BCUT2D eigenvalue weighted by atomic mass is 32.2. The molecule has 1 heterocycles. The molecule has 1 aliphatic heterocycles. The fourth-order valence-electron chi connectivity index (χ4n) is 2.33. The molecule has 1 saturated heterocycles. The van der Waals surface area contributed by atoms with E-state index in [0.717, 1.165) is 11.0 Å². The van der Waals surface area contributed by atoms with Gasteiger partial charge in [0, 0.05) is 18.2 Å². The molecule has 1 aromatic rings. The number of thioether (sulfide) groups is 1. The van der Waals surface area contributed by atoms with Gasteiger partial charge in [0.2, 0.25) is 0 Å². The van der Waals surface area contributed by atoms with Crippen LogP contribution in [0.1, 0.15) is 45.7 Å². The topological polar surface area (TPSA) is 85.4 Å². The first-order valence-corrected chi connectivity index (χ1v) is 9.14. The molecule has 0 atom stereocenters. The number of hydrogen-bond acceptors (Lipinski definition) is 5. The van der Waals surface area contributed by atoms with Crippen LogP contribution in [0.2, 0.25) is 0 Å². The highest BCUT2D eigenvalue weighted by Gasteiger charge is 2.52. The summed E-state index contributed by atoms with van der Waals surface area (Å²) in [4.78, 5) is 11.4. The van der Waals surface area contributed by atoms with Crippen molar-refractivity contribution in [2.24, 2.45) is 5.73 Å². The fraction of sp³-hybridized carbons (Fsp3) is 0.444. The largest absolute Gasteiger partial charge is 0.491 e. The molecule has 0 aromatic heterocycles. The Bertz CT molecular complexity index is 683. The summed E-state index contributed by atoms with van der Waals surface area (Å²) in [6.45, 7) is 9.57. The summed E-state index contributed by atoms with van der Waals surface area (Å²) in [6.07, 6.45) is 1.97. The first-order valence-electron chi connectivity index (χ1n) is 8.16. The lowest BCUT2D eigenvalue weighted by molar-refractivity contribution is -0.109. The minimum Gasteiger partial charge on any atom is -0.400 e. The Labute approximate surface area is 154 Å². The predicted molar refractivity (Wildman–Crippen MR) is 105 cm³/mol. The van der Waals surface area contributed by atoms with Gasteiger partial charge >= 0.3 is 7.12 Å². The second-order valence-corrected chi connectivity index (χ2v) is 8.28. The average Bonchev–Trinajstić information content (AvgIpc) is 2.72. The summed E-state index contributed by atoms with van der Waals surface area (Å²) >= 11 is 1.23. The first kappa shape index (κ1) is 19.8. The number of carbonyl (C=O) groups excluding carboxylic acids is 1. The predicted octanol–water partition coefficient (Wildman–Crippen LogP) is 3.27. The third-order valence-electron chi connectivity index (χ3n) is 4.57. The van der Waals surface area contributed by atoms with E-state index in [2.05, 4.69) is 0 Å². The maximum Gasteiger partial charge on any atom is 0.491 e. The molecule has 1 fully saturated rings. The SMILES string of the molecule is CC(=O)SCC(=Cc1ccc(C(=N)N)cc1)B1OC(C)(C)C(C)(C)O1. The van der Waals surface area contributed by atoms with E-state index in [-0.39, 0.29) is 11.0 Å². The molecule has 0 saturated carbocycles. The van der Waals surface area contributed by atoms with E-state index in [1.54, 1.807) is 19.1 Å². The Morgan fingerprint density at radius 1 is 1.20 bits per heavy atom. The Hall–Kier alpha value is -1.57. The van der Waals surface area contributed by atoms with Crippen molar-refractivity contribution >= 4 is 35.9 Å². The molecule has 3 N–H and O–H groups in total. The second-order valence-electron chi connectivity index (χ2n) is 7.12. The van der Waals surface area contributed by atoms with Gasteiger partial charge in [-0.2, -0.15) is 0 Å². The molecular weight excluding hydrogens is 335 g/mol. The van der Waals surface area contributed by atoms with Crippen molar-refractivity contribution in [2.75, 3.05) is 5.75 Å². The number of hydrogen-bond donors (Lipinski definition) is 2. The number of nitrogens with two attached hydrogens (primary N) is 1. The van der Waals surface area contributed by atoms with Crippen LogP contribution in [0, 0.1) is 5.41 Å². The van der Waals surface area contributed by atoms with Crippen molar-refractivity contribution in [2.45, 2.75) is 45.8 Å². The Morgan fingerprint density at radius 3 is 2.16 bits per heavy atom. The zero-order valence-electron chi connectivity index (χ0n) is 15.4. The van der Waals surface area contributed by atoms with Crippen molar-refractivity contribution < 1.29 is 14.1 Å². The minimum atomic E-state index is -0.496. The zero-order chi connectivity index (χ0) is 18.8. The van der Waals surface area contributed by atoms with Crippen LogP contribution in [0.5, 0.6) is 0 Å². The Kier molecular flexibility index (Phi) is 5.81. The zero-order valence-corrected chi connectivity index (χ0v) is 16.2. The molecule has 0 spiro atoms. The average molecular weight is 360 g/mol. The van der Waals surface area contributed by atoms with Crippen LogP contribution in [0.4, 0.5) is 0 Å². The van der Waals surface area contributed by atoms with Gasteiger partial charge in [0.05, 0.1) is 11.2 Å². The van der Waals surface area contributed by atoms with Crippen LogP contribution >= 0.6 is 11.8 Å². The van der Waals surface area contributed by atoms with Gasteiger partial charge in [-0.15, -0.1) is 0 Å². The standard InChI is InChI=1S/C18H25BN2O3S/c1-12(22)25-11-15(19-23-17(2,3)18(4,5)24-19)10-13-6-8-14(9-7-13)16(20)21/h6-10H,11H2,1-5H3,(H3,20,21). The van der Waals surface area contributed by atoms with Crippen LogP contribution in [-0.2, 0) is 14.1 Å². The van der Waals surface area contributed by atoms with E-state index in [0.29, 0.717) is 11.3 Å². The van der Waals surface area contributed by atoms with E-state index < -0.39 is 18.3 Å². The normalized spacial score (nSPS) is 19.1. The molecule has 1 aromatic carbocycles. The molecule has 134 valence electrons. The quantitative estimate of drug-likeness (QED) is 0.478. The first-order chi connectivity index (χ1) is 11.5. The van der Waals surface area contributed by atoms with Crippen LogP contribution in [0.3, 0.4) is 0 Å². The van der Waals surface area contributed by atoms with E-state index in [1.807, 2.05) is 45.9 Å². The van der Waals surface area contributed by atoms with E-state index >= 15 is 0 Å². The summed E-state index contributed by atoms with van der Waals surface area (Å²) in [7, 11) is -0.496. The number of amidine groups is 1. The maximum atomic E-state index is 11.4. The fourth-order valence-corrected chi connectivity index (χ4v) is 2.92. The van der Waals surface area contributed by atoms with E-state index in [9.17, 15) is 4.79 Å². The molecule has 25 heavy (non-hydrogen) atoms. The highest BCUT2D eigenvalue weighted by Crippen LogP contribution is 2.39. The summed E-state index contributed by atoms with van der Waals surface area (Å²) < 4.78 is 12.2. The monoisotopic (exact) mass is 360 g/mol. The molecule has 0 amide bonds. The van der Waals surface area contributed by atoms with Crippen molar-refractivity contribution in [3.63, 3.8) is 0 Å². The number of nitrogens with one attached hydrogen (secondary N) is 1. The lowest BCUT2D eigenvalue weighted by Crippen LogP contribution is -2.41. The molecular formula is C18H25BN2O3S. The van der Waals surface area contributed by atoms with Crippen molar-refractivity contribution in [1.29, 1.82) is 5.41 Å². The van der Waals surface area contributed by atoms with E-state index in [1.165, 1.54) is 11.8 Å². The molecule has 0 unspecified atom stereocenters. The number of benzene rings is 1. The molecule has 1 aliphatic rings. The molecule has 2 rings (SSSR count). The van der Waals surface area contributed by atoms with Gasteiger partial charge < -0.3 is 15.0 Å². The van der Waals surface area contributed by atoms with Gasteiger partial charge in [-0.1, -0.05) is 42.1 Å². The van der Waals surface area contributed by atoms with Gasteiger partial charge in [-0.25, -0.2) is 0 Å². The van der Waals surface area contributed by atoms with E-state index in [4.69, 9.17) is 20.5 Å². The molecule has 0 aliphatic carbocycles. The lowest BCUT2D eigenvalue weighted by atomic mass is 9.78. The van der Waals surface area contributed by atoms with Crippen molar-refractivity contribution in [3.05, 3.63) is 40.9 Å². The summed E-state index contributed by atoms with van der Waals surface area (Å²) in [5.74, 6) is 0.537. The highest BCUT2D eigenvalue weighted by molar-refractivity contribution is 8.13. The van der Waals surface area contributed by atoms with Gasteiger partial charge in [-0.3, -0.25) is 10.2 Å². The number of nitrogen functional groups attached to an aromatic ring is 1. The van der Waals surface area contributed by atoms with Crippen LogP contribution in [0.15, 0.2) is 29.7 Å². The molecule has 0 bridgehead atoms.